The van der Waals surface area contributed by atoms with Gasteiger partial charge >= 0.3 is 23.3 Å². The molecule has 2 fully saturated rings. The number of halogens is 9. The van der Waals surface area contributed by atoms with E-state index in [0.717, 1.165) is 5.92 Å². The largest absolute Gasteiger partial charge is 0.743 e. The van der Waals surface area contributed by atoms with Gasteiger partial charge in [-0.05, 0) is 53.6 Å². The van der Waals surface area contributed by atoms with Crippen molar-refractivity contribution in [3.05, 3.63) is 42.0 Å². The predicted octanol–water partition coefficient (Wildman–Crippen LogP) is 7.69. The molecule has 0 aromatic heterocycles. The normalized spacial score (nSPS) is 18.7. The molecule has 39 heavy (non-hydrogen) atoms. The molecule has 1 saturated heterocycles. The van der Waals surface area contributed by atoms with Crippen LogP contribution >= 0.6 is 0 Å². The Bertz CT molecular complexity index is 1240. The number of hydrogen-bond donors (Lipinski definition) is 0. The molecule has 2 aliphatic rings. The quantitative estimate of drug-likeness (QED) is 0.192. The molecule has 0 radical (unpaired) electrons. The molecule has 1 aliphatic heterocycles. The lowest BCUT2D eigenvalue weighted by Crippen LogP contribution is -2.63. The zero-order chi connectivity index (χ0) is 29.3. The second-order valence-corrected chi connectivity index (χ2v) is 13.5. The maximum Gasteiger partial charge on any atom is 0.460 e. The van der Waals surface area contributed by atoms with Crippen molar-refractivity contribution >= 4 is 31.8 Å². The van der Waals surface area contributed by atoms with E-state index in [4.69, 9.17) is 0 Å². The van der Waals surface area contributed by atoms with Crippen molar-refractivity contribution in [1.82, 2.24) is 0 Å². The van der Waals surface area contributed by atoms with E-state index in [2.05, 4.69) is 36.4 Å². The molecule has 0 N–H and O–H groups in total. The van der Waals surface area contributed by atoms with Gasteiger partial charge in [0, 0.05) is 17.0 Å². The second kappa shape index (κ2) is 11.7. The minimum absolute atomic E-state index is 0.542. The Morgan fingerprint density at radius 3 is 1.82 bits per heavy atom. The SMILES string of the molecule is O=S(=O)([O-])C(F)(F)C(F)(F)C(F)(F)C(F)(F)F.c1cc2cc([S+]3CCCC3)ccc2cc1CC1CCCCC1. The van der Waals surface area contributed by atoms with Crippen LogP contribution in [0.5, 0.6) is 0 Å². The van der Waals surface area contributed by atoms with Crippen LogP contribution in [0.2, 0.25) is 0 Å². The molecule has 0 unspecified atom stereocenters. The van der Waals surface area contributed by atoms with E-state index < -0.39 is 33.4 Å². The Morgan fingerprint density at radius 1 is 0.744 bits per heavy atom. The molecule has 0 amide bonds. The maximum atomic E-state index is 12.2. The Hall–Kier alpha value is -1.67. The first-order valence-electron chi connectivity index (χ1n) is 12.2. The van der Waals surface area contributed by atoms with Crippen LogP contribution in [0.15, 0.2) is 41.3 Å². The lowest BCUT2D eigenvalue weighted by Gasteiger charge is -2.34. The van der Waals surface area contributed by atoms with E-state index in [1.54, 1.807) is 10.5 Å². The molecule has 1 heterocycles. The number of rotatable bonds is 6. The van der Waals surface area contributed by atoms with Gasteiger partial charge in [0.15, 0.2) is 15.0 Å². The fourth-order valence-electron chi connectivity index (χ4n) is 4.71. The number of benzene rings is 2. The number of fused-ring (bicyclic) bond motifs is 1. The van der Waals surface area contributed by atoms with Crippen molar-refractivity contribution in [1.29, 1.82) is 0 Å². The monoisotopic (exact) mass is 610 g/mol. The van der Waals surface area contributed by atoms with E-state index in [1.165, 1.54) is 73.6 Å². The highest BCUT2D eigenvalue weighted by Crippen LogP contribution is 2.54. The zero-order valence-corrected chi connectivity index (χ0v) is 22.2. The van der Waals surface area contributed by atoms with Crippen LogP contribution in [-0.2, 0) is 27.4 Å². The van der Waals surface area contributed by atoms with Crippen LogP contribution in [0.4, 0.5) is 39.5 Å². The van der Waals surface area contributed by atoms with Gasteiger partial charge in [0.05, 0.1) is 0 Å². The summed E-state index contributed by atoms with van der Waals surface area (Å²) in [6.07, 6.45) is 4.24. The summed E-state index contributed by atoms with van der Waals surface area (Å²) in [4.78, 5) is 1.60. The Balaban J connectivity index is 0.000000225. The van der Waals surface area contributed by atoms with E-state index in [0.29, 0.717) is 10.9 Å². The summed E-state index contributed by atoms with van der Waals surface area (Å²) in [5.41, 5.74) is 1.55. The second-order valence-electron chi connectivity index (χ2n) is 9.78. The van der Waals surface area contributed by atoms with Crippen LogP contribution < -0.4 is 0 Å². The Morgan fingerprint density at radius 2 is 1.28 bits per heavy atom. The minimum Gasteiger partial charge on any atom is -0.743 e. The van der Waals surface area contributed by atoms with Crippen molar-refractivity contribution in [3.63, 3.8) is 0 Å². The predicted molar refractivity (Wildman–Crippen MR) is 129 cm³/mol. The molecule has 2 aromatic rings. The fourth-order valence-corrected chi connectivity index (χ4v) is 7.49. The van der Waals surface area contributed by atoms with Crippen LogP contribution in [0.1, 0.15) is 50.5 Å². The highest BCUT2D eigenvalue weighted by Gasteiger charge is 2.83. The van der Waals surface area contributed by atoms with Crippen LogP contribution in [0, 0.1) is 5.92 Å². The van der Waals surface area contributed by atoms with E-state index in [9.17, 15) is 52.5 Å². The summed E-state index contributed by atoms with van der Waals surface area (Å²) >= 11 is 0. The lowest BCUT2D eigenvalue weighted by atomic mass is 9.84. The van der Waals surface area contributed by atoms with E-state index in [-0.39, 0.29) is 0 Å². The van der Waals surface area contributed by atoms with E-state index in [1.807, 2.05) is 0 Å². The standard InChI is InChI=1S/C21H27S.C4HF9O3S/c1-2-6-17(7-3-1)14-18-8-9-20-16-21(11-10-19(20)15-18)22-12-4-5-13-22;5-1(6,3(9,10)11)2(7,8)4(12,13)17(14,15)16/h8-11,15-17H,1-7,12-14H2;(H,14,15,16)/q+1;/p-1. The fraction of sp³-hybridized carbons (Fsp3) is 0.600. The van der Waals surface area contributed by atoms with Gasteiger partial charge in [-0.1, -0.05) is 50.3 Å². The van der Waals surface area contributed by atoms with Gasteiger partial charge < -0.3 is 4.55 Å². The molecule has 0 bridgehead atoms. The Kier molecular flexibility index (Phi) is 9.53. The molecule has 0 atom stereocenters. The topological polar surface area (TPSA) is 57.2 Å². The zero-order valence-electron chi connectivity index (χ0n) is 20.6. The summed E-state index contributed by atoms with van der Waals surface area (Å²) < 4.78 is 135. The summed E-state index contributed by atoms with van der Waals surface area (Å²) in [7, 11) is -6.87. The van der Waals surface area contributed by atoms with Gasteiger partial charge in [0.1, 0.15) is 11.5 Å². The van der Waals surface area contributed by atoms with Gasteiger partial charge in [-0.25, -0.2) is 8.42 Å². The minimum atomic E-state index is -7.43. The third kappa shape index (κ3) is 6.80. The first-order chi connectivity index (χ1) is 17.9. The van der Waals surface area contributed by atoms with Crippen LogP contribution in [-0.4, -0.2) is 47.8 Å². The van der Waals surface area contributed by atoms with Gasteiger partial charge in [-0.15, -0.1) is 0 Å². The Labute approximate surface area is 223 Å². The average Bonchev–Trinajstić information content (AvgIpc) is 3.38. The first-order valence-corrected chi connectivity index (χ1v) is 15.2. The number of hydrogen-bond acceptors (Lipinski definition) is 3. The highest BCUT2D eigenvalue weighted by molar-refractivity contribution is 7.97. The molecule has 4 rings (SSSR count). The van der Waals surface area contributed by atoms with Gasteiger partial charge in [0.25, 0.3) is 0 Å². The highest BCUT2D eigenvalue weighted by atomic mass is 32.2. The molecular formula is C25H27F9O3S2. The first kappa shape index (κ1) is 31.9. The van der Waals surface area contributed by atoms with Crippen molar-refractivity contribution in [2.45, 2.75) is 79.5 Å². The maximum absolute atomic E-state index is 12.2. The summed E-state index contributed by atoms with van der Waals surface area (Å²) in [5, 5.41) is -4.22. The summed E-state index contributed by atoms with van der Waals surface area (Å²) in [5.74, 6) is -11.0. The van der Waals surface area contributed by atoms with Crippen molar-refractivity contribution in [3.8, 4) is 0 Å². The van der Waals surface area contributed by atoms with Gasteiger partial charge in [0.2, 0.25) is 0 Å². The van der Waals surface area contributed by atoms with Crippen molar-refractivity contribution in [2.24, 2.45) is 5.92 Å². The van der Waals surface area contributed by atoms with E-state index >= 15 is 0 Å². The van der Waals surface area contributed by atoms with Gasteiger partial charge in [-0.2, -0.15) is 39.5 Å². The molecule has 2 aromatic carbocycles. The molecular weight excluding hydrogens is 583 g/mol. The summed E-state index contributed by atoms with van der Waals surface area (Å²) in [6.45, 7) is 0. The third-order valence-electron chi connectivity index (χ3n) is 6.92. The molecule has 14 heteroatoms. The average molecular weight is 611 g/mol. The van der Waals surface area contributed by atoms with Crippen molar-refractivity contribution in [2.75, 3.05) is 11.5 Å². The molecule has 3 nitrogen and oxygen atoms in total. The number of alkyl halides is 9. The molecule has 220 valence electrons. The third-order valence-corrected chi connectivity index (χ3v) is 10.3. The van der Waals surface area contributed by atoms with Crippen LogP contribution in [0.3, 0.4) is 0 Å². The lowest BCUT2D eigenvalue weighted by molar-refractivity contribution is -0.382. The van der Waals surface area contributed by atoms with Crippen LogP contribution in [0.25, 0.3) is 10.8 Å². The molecule has 0 spiro atoms. The summed E-state index contributed by atoms with van der Waals surface area (Å²) in [6, 6.07) is 14.5. The molecule has 1 aliphatic carbocycles. The van der Waals surface area contributed by atoms with Crippen molar-refractivity contribution < 1.29 is 52.5 Å². The van der Waals surface area contributed by atoms with Gasteiger partial charge in [-0.3, -0.25) is 0 Å². The smallest absolute Gasteiger partial charge is 0.460 e. The molecule has 1 saturated carbocycles.